The fourth-order valence-electron chi connectivity index (χ4n) is 3.27. The van der Waals surface area contributed by atoms with Crippen LogP contribution in [0.25, 0.3) is 0 Å². The van der Waals surface area contributed by atoms with Gasteiger partial charge in [-0.3, -0.25) is 4.79 Å². The number of carbonyl (C=O) groups excluding carboxylic acids is 1. The van der Waals surface area contributed by atoms with E-state index in [2.05, 4.69) is 5.32 Å². The summed E-state index contributed by atoms with van der Waals surface area (Å²) in [5, 5.41) is 3.47. The van der Waals surface area contributed by atoms with E-state index in [1.165, 1.54) is 4.31 Å². The van der Waals surface area contributed by atoms with Crippen molar-refractivity contribution in [1.29, 1.82) is 0 Å². The van der Waals surface area contributed by atoms with Gasteiger partial charge in [-0.15, -0.1) is 0 Å². The number of hydrogen-bond acceptors (Lipinski definition) is 4. The summed E-state index contributed by atoms with van der Waals surface area (Å²) < 4.78 is 32.3. The quantitative estimate of drug-likeness (QED) is 0.706. The predicted octanol–water partition coefficient (Wildman–Crippen LogP) is 4.18. The molecule has 1 aliphatic rings. The van der Waals surface area contributed by atoms with Gasteiger partial charge in [-0.1, -0.05) is 29.3 Å². The van der Waals surface area contributed by atoms with Crippen LogP contribution in [0.5, 0.6) is 5.75 Å². The predicted molar refractivity (Wildman–Crippen MR) is 115 cm³/mol. The highest BCUT2D eigenvalue weighted by atomic mass is 35.5. The molecule has 2 aromatic rings. The lowest BCUT2D eigenvalue weighted by molar-refractivity contribution is -0.120. The summed E-state index contributed by atoms with van der Waals surface area (Å²) >= 11 is 12.3. The second-order valence-corrected chi connectivity index (χ2v) is 9.65. The molecule has 0 spiro atoms. The number of benzene rings is 2. The Hall–Kier alpha value is -1.80. The number of hydrogen-bond donors (Lipinski definition) is 1. The Kier molecular flexibility index (Phi) is 7.05. The molecule has 0 unspecified atom stereocenters. The lowest BCUT2D eigenvalue weighted by atomic mass is 9.99. The second kappa shape index (κ2) is 9.34. The molecule has 1 atom stereocenters. The fourth-order valence-corrected chi connectivity index (χ4v) is 5.63. The molecule has 1 saturated heterocycles. The molecule has 0 aromatic heterocycles. The summed E-state index contributed by atoms with van der Waals surface area (Å²) in [6.07, 6.45) is 1.23. The molecular formula is C20H22Cl2N2O4S. The van der Waals surface area contributed by atoms with Gasteiger partial charge in [-0.2, -0.15) is 0 Å². The molecule has 156 valence electrons. The van der Waals surface area contributed by atoms with E-state index < -0.39 is 15.9 Å². The molecule has 2 aromatic carbocycles. The van der Waals surface area contributed by atoms with Gasteiger partial charge >= 0.3 is 0 Å². The monoisotopic (exact) mass is 456 g/mol. The average Bonchev–Trinajstić information content (AvgIpc) is 2.71. The van der Waals surface area contributed by atoms with Crippen molar-refractivity contribution in [3.8, 4) is 5.75 Å². The van der Waals surface area contributed by atoms with Crippen molar-refractivity contribution in [2.24, 2.45) is 5.92 Å². The molecule has 1 fully saturated rings. The third-order valence-electron chi connectivity index (χ3n) is 4.89. The highest BCUT2D eigenvalue weighted by Gasteiger charge is 2.33. The lowest BCUT2D eigenvalue weighted by Crippen LogP contribution is -2.44. The first kappa shape index (κ1) is 21.9. The van der Waals surface area contributed by atoms with Crippen molar-refractivity contribution in [3.63, 3.8) is 0 Å². The number of halogens is 2. The van der Waals surface area contributed by atoms with Crippen molar-refractivity contribution in [2.75, 3.05) is 25.5 Å². The van der Waals surface area contributed by atoms with Crippen LogP contribution in [0.4, 0.5) is 5.69 Å². The molecule has 0 saturated carbocycles. The third-order valence-corrected chi connectivity index (χ3v) is 7.37. The normalized spacial score (nSPS) is 17.7. The van der Waals surface area contributed by atoms with Crippen LogP contribution in [0, 0.1) is 5.92 Å². The van der Waals surface area contributed by atoms with E-state index >= 15 is 0 Å². The standard InChI is InChI=1S/C20H22Cl2N2O4S/c1-28-16-9-7-15(8-10-16)23-20(25)14-4-3-11-24(12-14)29(26,27)13-17-18(21)5-2-6-19(17)22/h2,5-10,14H,3-4,11-13H2,1H3,(H,23,25)/t14-/m1/s1. The van der Waals surface area contributed by atoms with Gasteiger partial charge in [0.2, 0.25) is 15.9 Å². The molecule has 3 rings (SSSR count). The van der Waals surface area contributed by atoms with Gasteiger partial charge in [0.15, 0.2) is 0 Å². The van der Waals surface area contributed by atoms with Gasteiger partial charge in [-0.05, 0) is 49.2 Å². The van der Waals surface area contributed by atoms with E-state index in [-0.39, 0.29) is 18.2 Å². The molecule has 1 amide bonds. The van der Waals surface area contributed by atoms with Crippen LogP contribution in [-0.4, -0.2) is 38.8 Å². The number of ether oxygens (including phenoxy) is 1. The van der Waals surface area contributed by atoms with Gasteiger partial charge in [0, 0.05) is 34.4 Å². The Balaban J connectivity index is 1.68. The number of nitrogens with zero attached hydrogens (tertiary/aromatic N) is 1. The molecule has 1 heterocycles. The fraction of sp³-hybridized carbons (Fsp3) is 0.350. The molecule has 6 nitrogen and oxygen atoms in total. The van der Waals surface area contributed by atoms with Gasteiger partial charge < -0.3 is 10.1 Å². The molecule has 1 N–H and O–H groups in total. The van der Waals surface area contributed by atoms with Crippen LogP contribution in [0.3, 0.4) is 0 Å². The van der Waals surface area contributed by atoms with Crippen molar-refractivity contribution < 1.29 is 17.9 Å². The molecular weight excluding hydrogens is 435 g/mol. The van der Waals surface area contributed by atoms with Crippen LogP contribution >= 0.6 is 23.2 Å². The summed E-state index contributed by atoms with van der Waals surface area (Å²) in [6, 6.07) is 11.9. The summed E-state index contributed by atoms with van der Waals surface area (Å²) in [5.41, 5.74) is 1.01. The maximum Gasteiger partial charge on any atom is 0.228 e. The van der Waals surface area contributed by atoms with E-state index in [1.54, 1.807) is 49.6 Å². The zero-order valence-corrected chi connectivity index (χ0v) is 18.2. The zero-order chi connectivity index (χ0) is 21.0. The van der Waals surface area contributed by atoms with Crippen LogP contribution in [0.1, 0.15) is 18.4 Å². The minimum atomic E-state index is -3.66. The number of piperidine rings is 1. The first-order chi connectivity index (χ1) is 13.8. The van der Waals surface area contributed by atoms with Gasteiger partial charge in [0.1, 0.15) is 5.75 Å². The van der Waals surface area contributed by atoms with Gasteiger partial charge in [-0.25, -0.2) is 12.7 Å². The Morgan fingerprint density at radius 2 is 1.83 bits per heavy atom. The zero-order valence-electron chi connectivity index (χ0n) is 15.9. The number of methoxy groups -OCH3 is 1. The maximum absolute atomic E-state index is 12.9. The van der Waals surface area contributed by atoms with Crippen LogP contribution in [0.2, 0.25) is 10.0 Å². The summed E-state index contributed by atoms with van der Waals surface area (Å²) in [5.74, 6) is -0.234. The molecule has 0 aliphatic carbocycles. The minimum absolute atomic E-state index is 0.131. The van der Waals surface area contributed by atoms with Crippen LogP contribution in [0.15, 0.2) is 42.5 Å². The Morgan fingerprint density at radius 3 is 2.45 bits per heavy atom. The highest BCUT2D eigenvalue weighted by Crippen LogP contribution is 2.29. The molecule has 29 heavy (non-hydrogen) atoms. The van der Waals surface area contributed by atoms with Gasteiger partial charge in [0.25, 0.3) is 0 Å². The van der Waals surface area contributed by atoms with Crippen molar-refractivity contribution in [1.82, 2.24) is 4.31 Å². The Labute approximate surface area is 180 Å². The number of anilines is 1. The van der Waals surface area contributed by atoms with Crippen LogP contribution < -0.4 is 10.1 Å². The first-order valence-electron chi connectivity index (χ1n) is 9.16. The minimum Gasteiger partial charge on any atom is -0.497 e. The number of amides is 1. The summed E-state index contributed by atoms with van der Waals surface area (Å²) in [7, 11) is -2.09. The van der Waals surface area contributed by atoms with Crippen molar-refractivity contribution >= 4 is 44.8 Å². The molecule has 0 bridgehead atoms. The van der Waals surface area contributed by atoms with E-state index in [0.717, 1.165) is 0 Å². The number of nitrogens with one attached hydrogen (secondary N) is 1. The average molecular weight is 457 g/mol. The largest absolute Gasteiger partial charge is 0.497 e. The SMILES string of the molecule is COc1ccc(NC(=O)[C@@H]2CCCN(S(=O)(=O)Cc3c(Cl)cccc3Cl)C2)cc1. The van der Waals surface area contributed by atoms with Crippen molar-refractivity contribution in [3.05, 3.63) is 58.1 Å². The second-order valence-electron chi connectivity index (χ2n) is 6.87. The third kappa shape index (κ3) is 5.42. The van der Waals surface area contributed by atoms with Gasteiger partial charge in [0.05, 0.1) is 18.8 Å². The number of rotatable bonds is 6. The topological polar surface area (TPSA) is 75.7 Å². The molecule has 9 heteroatoms. The first-order valence-corrected chi connectivity index (χ1v) is 11.5. The lowest BCUT2D eigenvalue weighted by Gasteiger charge is -2.31. The smallest absolute Gasteiger partial charge is 0.228 e. The maximum atomic E-state index is 12.9. The van der Waals surface area contributed by atoms with Crippen molar-refractivity contribution in [2.45, 2.75) is 18.6 Å². The molecule has 0 radical (unpaired) electrons. The van der Waals surface area contributed by atoms with Crippen LogP contribution in [-0.2, 0) is 20.6 Å². The van der Waals surface area contributed by atoms with E-state index in [9.17, 15) is 13.2 Å². The summed E-state index contributed by atoms with van der Waals surface area (Å²) in [4.78, 5) is 12.7. The van der Waals surface area contributed by atoms with E-state index in [1.807, 2.05) is 0 Å². The van der Waals surface area contributed by atoms with E-state index in [4.69, 9.17) is 27.9 Å². The summed E-state index contributed by atoms with van der Waals surface area (Å²) in [6.45, 7) is 0.503. The number of sulfonamides is 1. The number of carbonyl (C=O) groups is 1. The Morgan fingerprint density at radius 1 is 1.17 bits per heavy atom. The highest BCUT2D eigenvalue weighted by molar-refractivity contribution is 7.88. The Bertz CT molecular complexity index is 960. The van der Waals surface area contributed by atoms with E-state index in [0.29, 0.717) is 46.4 Å². The molecule has 1 aliphatic heterocycles.